The number of nitrogens with zero attached hydrogens (tertiary/aromatic N) is 2. The highest BCUT2D eigenvalue weighted by molar-refractivity contribution is 7.19. The molecule has 0 spiro atoms. The molecule has 0 atom stereocenters. The predicted molar refractivity (Wildman–Crippen MR) is 80.0 cm³/mol. The number of benzene rings is 1. The SMILES string of the molecule is CNC(=O)Nc1ccccc1C(=O)Nc1ncc(N=O)s1. The van der Waals surface area contributed by atoms with Crippen LogP contribution in [-0.4, -0.2) is 24.0 Å². The Morgan fingerprint density at radius 3 is 2.67 bits per heavy atom. The number of para-hydroxylation sites is 1. The molecule has 2 rings (SSSR count). The third kappa shape index (κ3) is 3.60. The van der Waals surface area contributed by atoms with Crippen molar-refractivity contribution in [3.8, 4) is 0 Å². The van der Waals surface area contributed by atoms with Crippen molar-refractivity contribution in [1.82, 2.24) is 10.3 Å². The number of hydrogen-bond donors (Lipinski definition) is 3. The molecule has 2 aromatic rings. The summed E-state index contributed by atoms with van der Waals surface area (Å²) in [6, 6.07) is 6.10. The number of anilines is 2. The number of urea groups is 1. The Morgan fingerprint density at radius 2 is 2.00 bits per heavy atom. The number of carbonyl (C=O) groups is 2. The normalized spacial score (nSPS) is 9.76. The van der Waals surface area contributed by atoms with Crippen molar-refractivity contribution in [1.29, 1.82) is 0 Å². The van der Waals surface area contributed by atoms with E-state index < -0.39 is 11.9 Å². The van der Waals surface area contributed by atoms with Gasteiger partial charge in [0.2, 0.25) is 0 Å². The largest absolute Gasteiger partial charge is 0.341 e. The predicted octanol–water partition coefficient (Wildman–Crippen LogP) is 2.54. The average molecular weight is 305 g/mol. The van der Waals surface area contributed by atoms with E-state index in [0.29, 0.717) is 5.69 Å². The number of hydrogen-bond acceptors (Lipinski definition) is 6. The second-order valence-corrected chi connectivity index (χ2v) is 4.81. The maximum absolute atomic E-state index is 12.2. The van der Waals surface area contributed by atoms with E-state index in [0.717, 1.165) is 11.3 Å². The molecule has 3 amide bonds. The minimum Gasteiger partial charge on any atom is -0.341 e. The van der Waals surface area contributed by atoms with Crippen molar-refractivity contribution in [2.45, 2.75) is 0 Å². The quantitative estimate of drug-likeness (QED) is 0.753. The number of amides is 3. The highest BCUT2D eigenvalue weighted by Crippen LogP contribution is 2.26. The highest BCUT2D eigenvalue weighted by atomic mass is 32.1. The molecule has 0 fully saturated rings. The number of rotatable bonds is 4. The fourth-order valence-electron chi connectivity index (χ4n) is 1.50. The van der Waals surface area contributed by atoms with E-state index in [4.69, 9.17) is 0 Å². The number of nitrogens with one attached hydrogen (secondary N) is 3. The summed E-state index contributed by atoms with van der Waals surface area (Å²) in [5, 5.41) is 10.6. The zero-order valence-electron chi connectivity index (χ0n) is 10.9. The smallest absolute Gasteiger partial charge is 0.318 e. The zero-order chi connectivity index (χ0) is 15.2. The molecule has 9 heteroatoms. The fourth-order valence-corrected chi connectivity index (χ4v) is 2.09. The average Bonchev–Trinajstić information content (AvgIpc) is 2.95. The first kappa shape index (κ1) is 14.6. The van der Waals surface area contributed by atoms with Crippen LogP contribution in [0.1, 0.15) is 10.4 Å². The van der Waals surface area contributed by atoms with Gasteiger partial charge < -0.3 is 10.6 Å². The van der Waals surface area contributed by atoms with Crippen LogP contribution >= 0.6 is 11.3 Å². The summed E-state index contributed by atoms with van der Waals surface area (Å²) in [6.45, 7) is 0. The van der Waals surface area contributed by atoms with Gasteiger partial charge in [-0.15, -0.1) is 4.91 Å². The van der Waals surface area contributed by atoms with E-state index in [2.05, 4.69) is 26.1 Å². The van der Waals surface area contributed by atoms with E-state index >= 15 is 0 Å². The Kier molecular flexibility index (Phi) is 4.57. The molecule has 108 valence electrons. The van der Waals surface area contributed by atoms with Crippen LogP contribution in [0.4, 0.5) is 20.6 Å². The van der Waals surface area contributed by atoms with Crippen LogP contribution in [0.25, 0.3) is 0 Å². The van der Waals surface area contributed by atoms with Crippen LogP contribution in [0.5, 0.6) is 0 Å². The van der Waals surface area contributed by atoms with Gasteiger partial charge in [-0.3, -0.25) is 10.1 Å². The van der Waals surface area contributed by atoms with Crippen molar-refractivity contribution < 1.29 is 9.59 Å². The summed E-state index contributed by atoms with van der Waals surface area (Å²) in [5.41, 5.74) is 0.636. The van der Waals surface area contributed by atoms with Gasteiger partial charge in [-0.2, -0.15) is 0 Å². The number of nitroso groups, excluding NO2 is 1. The Morgan fingerprint density at radius 1 is 1.24 bits per heavy atom. The Hall–Kier alpha value is -2.81. The monoisotopic (exact) mass is 305 g/mol. The van der Waals surface area contributed by atoms with Gasteiger partial charge in [0.05, 0.1) is 17.4 Å². The molecule has 1 aromatic heterocycles. The first-order chi connectivity index (χ1) is 10.1. The second-order valence-electron chi connectivity index (χ2n) is 3.80. The van der Waals surface area contributed by atoms with Gasteiger partial charge >= 0.3 is 6.03 Å². The minimum atomic E-state index is -0.450. The summed E-state index contributed by atoms with van der Waals surface area (Å²) in [7, 11) is 1.47. The van der Waals surface area contributed by atoms with Gasteiger partial charge in [0.1, 0.15) is 0 Å². The minimum absolute atomic E-state index is 0.169. The van der Waals surface area contributed by atoms with Gasteiger partial charge in [-0.1, -0.05) is 23.5 Å². The fraction of sp³-hybridized carbons (Fsp3) is 0.0833. The molecule has 0 saturated heterocycles. The zero-order valence-corrected chi connectivity index (χ0v) is 11.7. The molecule has 0 aliphatic rings. The maximum Gasteiger partial charge on any atom is 0.318 e. The molecular formula is C12H11N5O3S. The van der Waals surface area contributed by atoms with Crippen molar-refractivity contribution in [2.24, 2.45) is 5.18 Å². The Bertz CT molecular complexity index is 685. The Balaban J connectivity index is 2.18. The van der Waals surface area contributed by atoms with Gasteiger partial charge in [0.15, 0.2) is 10.1 Å². The standard InChI is InChI=1S/C12H11N5O3S/c1-13-11(19)15-8-5-3-2-4-7(8)10(18)16-12-14-6-9(17-20)21-12/h2-6H,1H3,(H2,13,15,19)(H,14,16,18). The third-order valence-electron chi connectivity index (χ3n) is 2.45. The lowest BCUT2D eigenvalue weighted by molar-refractivity contribution is 0.102. The Labute approximate surface area is 123 Å². The van der Waals surface area contributed by atoms with Crippen LogP contribution in [0.3, 0.4) is 0 Å². The van der Waals surface area contributed by atoms with Gasteiger partial charge in [-0.05, 0) is 17.3 Å². The molecule has 0 radical (unpaired) electrons. The van der Waals surface area contributed by atoms with E-state index in [9.17, 15) is 14.5 Å². The van der Waals surface area contributed by atoms with Crippen molar-refractivity contribution in [2.75, 3.05) is 17.7 Å². The van der Waals surface area contributed by atoms with E-state index in [1.54, 1.807) is 24.3 Å². The lowest BCUT2D eigenvalue weighted by Crippen LogP contribution is -2.26. The van der Waals surface area contributed by atoms with Crippen LogP contribution in [-0.2, 0) is 0 Å². The highest BCUT2D eigenvalue weighted by Gasteiger charge is 2.14. The summed E-state index contributed by atoms with van der Waals surface area (Å²) >= 11 is 0.958. The summed E-state index contributed by atoms with van der Waals surface area (Å²) in [4.78, 5) is 37.7. The van der Waals surface area contributed by atoms with E-state index in [1.807, 2.05) is 0 Å². The first-order valence-electron chi connectivity index (χ1n) is 5.82. The molecule has 1 heterocycles. The van der Waals surface area contributed by atoms with E-state index in [-0.39, 0.29) is 15.7 Å². The molecule has 0 unspecified atom stereocenters. The number of carbonyl (C=O) groups excluding carboxylic acids is 2. The van der Waals surface area contributed by atoms with Crippen LogP contribution < -0.4 is 16.0 Å². The topological polar surface area (TPSA) is 113 Å². The van der Waals surface area contributed by atoms with Gasteiger partial charge in [0, 0.05) is 7.05 Å². The van der Waals surface area contributed by atoms with Crippen LogP contribution in [0.2, 0.25) is 0 Å². The molecule has 0 aliphatic heterocycles. The molecule has 0 bridgehead atoms. The third-order valence-corrected chi connectivity index (χ3v) is 3.24. The van der Waals surface area contributed by atoms with E-state index in [1.165, 1.54) is 13.2 Å². The molecular weight excluding hydrogens is 294 g/mol. The summed E-state index contributed by atoms with van der Waals surface area (Å²) in [5.74, 6) is -0.450. The van der Waals surface area contributed by atoms with Crippen molar-refractivity contribution in [3.63, 3.8) is 0 Å². The lowest BCUT2D eigenvalue weighted by atomic mass is 10.1. The van der Waals surface area contributed by atoms with Gasteiger partial charge in [0.25, 0.3) is 5.91 Å². The van der Waals surface area contributed by atoms with Crippen molar-refractivity contribution in [3.05, 3.63) is 40.9 Å². The molecule has 0 aliphatic carbocycles. The summed E-state index contributed by atoms with van der Waals surface area (Å²) < 4.78 is 0. The second kappa shape index (κ2) is 6.57. The van der Waals surface area contributed by atoms with Crippen LogP contribution in [0, 0.1) is 4.91 Å². The number of aromatic nitrogens is 1. The molecule has 0 saturated carbocycles. The van der Waals surface area contributed by atoms with Crippen molar-refractivity contribution >= 4 is 39.1 Å². The lowest BCUT2D eigenvalue weighted by Gasteiger charge is -2.09. The molecule has 8 nitrogen and oxygen atoms in total. The summed E-state index contributed by atoms with van der Waals surface area (Å²) in [6.07, 6.45) is 1.27. The molecule has 21 heavy (non-hydrogen) atoms. The van der Waals surface area contributed by atoms with Gasteiger partial charge in [-0.25, -0.2) is 9.78 Å². The van der Waals surface area contributed by atoms with Crippen LogP contribution in [0.15, 0.2) is 35.6 Å². The first-order valence-corrected chi connectivity index (χ1v) is 6.64. The molecule has 1 aromatic carbocycles. The molecule has 3 N–H and O–H groups in total. The number of thiazole rings is 1. The maximum atomic E-state index is 12.2.